The quantitative estimate of drug-likeness (QED) is 0.0182. The molecule has 10 aromatic rings. The molecule has 2 saturated heterocycles. The number of nitriles is 2. The molecule has 26 nitrogen and oxygen atoms in total. The number of nitrogens with one attached hydrogen (secondary N) is 4. The van der Waals surface area contributed by atoms with Crippen LogP contribution in [0.2, 0.25) is 10.0 Å². The Bertz CT molecular complexity index is 5720. The number of oxazole rings is 2. The third-order valence-corrected chi connectivity index (χ3v) is 27.1. The van der Waals surface area contributed by atoms with Crippen molar-refractivity contribution in [2.24, 2.45) is 32.8 Å². The van der Waals surface area contributed by atoms with E-state index in [2.05, 4.69) is 139 Å². The number of nitrogens with zero attached hydrogens (tertiary/aromatic N) is 15. The van der Waals surface area contributed by atoms with Crippen molar-refractivity contribution >= 4 is 108 Å². The topological polar surface area (TPSA) is 352 Å². The molecule has 0 unspecified atom stereocenters. The Balaban J connectivity index is 0.577. The Labute approximate surface area is 720 Å². The second kappa shape index (κ2) is 36.6. The first-order valence-electron chi connectivity index (χ1n) is 41.3. The van der Waals surface area contributed by atoms with Crippen LogP contribution < -0.4 is 45.5 Å². The number of rotatable bonds is 22. The predicted octanol–water partition coefficient (Wildman–Crippen LogP) is 16.4. The zero-order valence-corrected chi connectivity index (χ0v) is 71.3. The van der Waals surface area contributed by atoms with Crippen LogP contribution in [0.25, 0.3) is 0 Å². The van der Waals surface area contributed by atoms with E-state index in [9.17, 15) is 25.5 Å². The number of amides is 2. The van der Waals surface area contributed by atoms with Crippen LogP contribution in [0.15, 0.2) is 164 Å². The summed E-state index contributed by atoms with van der Waals surface area (Å²) >= 11 is 15.6. The van der Waals surface area contributed by atoms with Crippen molar-refractivity contribution in [1.29, 1.82) is 21.3 Å². The number of carbonyl (C=O) groups excluding carboxylic acids is 2. The number of piperidine rings is 2. The fraction of sp³-hybridized carbons (Fsp3) is 0.374. The van der Waals surface area contributed by atoms with Crippen molar-refractivity contribution in [2.75, 3.05) is 45.8 Å². The molecule has 6 aromatic heterocycles. The molecule has 2 aliphatic carbocycles. The van der Waals surface area contributed by atoms with Gasteiger partial charge in [-0.3, -0.25) is 40.2 Å². The number of nitrogens with two attached hydrogens (primary N) is 1. The Morgan fingerprint density at radius 2 is 1.15 bits per heavy atom. The van der Waals surface area contributed by atoms with Gasteiger partial charge in [0.25, 0.3) is 11.8 Å². The molecule has 16 rings (SSSR count). The largest absolute Gasteiger partial charge is 0.490 e. The van der Waals surface area contributed by atoms with Crippen LogP contribution in [0.4, 0.5) is 21.6 Å². The average Bonchev–Trinajstić information content (AvgIpc) is 1.59. The number of anilines is 4. The van der Waals surface area contributed by atoms with Gasteiger partial charge in [0.1, 0.15) is 69.2 Å². The molecule has 10 heterocycles. The highest BCUT2D eigenvalue weighted by Crippen LogP contribution is 2.46. The molecule has 4 aliphatic heterocycles. The highest BCUT2D eigenvalue weighted by Gasteiger charge is 2.39. The fourth-order valence-corrected chi connectivity index (χ4v) is 20.5. The maximum Gasteiger partial charge on any atom is 0.272 e. The maximum absolute atomic E-state index is 13.5. The third kappa shape index (κ3) is 18.5. The van der Waals surface area contributed by atoms with Gasteiger partial charge in [0.15, 0.2) is 34.8 Å². The monoisotopic (exact) mass is 1700 g/mol. The van der Waals surface area contributed by atoms with Gasteiger partial charge in [-0.2, -0.15) is 15.6 Å². The minimum absolute atomic E-state index is 0.0122. The van der Waals surface area contributed by atoms with Crippen LogP contribution in [0, 0.1) is 66.1 Å². The van der Waals surface area contributed by atoms with Gasteiger partial charge in [0.05, 0.1) is 76.1 Å². The average molecular weight is 1700 g/mol. The summed E-state index contributed by atoms with van der Waals surface area (Å²) in [6.45, 7) is 17.8. The van der Waals surface area contributed by atoms with E-state index in [-0.39, 0.29) is 65.6 Å². The van der Waals surface area contributed by atoms with Gasteiger partial charge in [-0.05, 0) is 207 Å². The van der Waals surface area contributed by atoms with E-state index in [0.717, 1.165) is 192 Å². The minimum atomic E-state index is -0.768. The first kappa shape index (κ1) is 82.7. The highest BCUT2D eigenvalue weighted by molar-refractivity contribution is 7.17. The molecule has 4 fully saturated rings. The molecule has 620 valence electrons. The number of hydrazone groups is 1. The molecule has 0 bridgehead atoms. The Morgan fingerprint density at radius 1 is 0.636 bits per heavy atom. The summed E-state index contributed by atoms with van der Waals surface area (Å²) in [4.78, 5) is 57.7. The Hall–Kier alpha value is -12.0. The molecule has 2 amide bonds. The van der Waals surface area contributed by atoms with Crippen molar-refractivity contribution in [2.45, 2.75) is 180 Å². The molecule has 30 heteroatoms. The van der Waals surface area contributed by atoms with E-state index in [1.54, 1.807) is 102 Å². The lowest BCUT2D eigenvalue weighted by Gasteiger charge is -2.33. The molecule has 0 radical (unpaired) electrons. The van der Waals surface area contributed by atoms with Crippen molar-refractivity contribution in [1.82, 2.24) is 41.0 Å². The maximum atomic E-state index is 13.5. The zero-order chi connectivity index (χ0) is 84.1. The second-order valence-corrected chi connectivity index (χ2v) is 35.3. The number of carbonyl (C=O) groups is 2. The molecular formula is C91H94Cl2N20O6S2. The molecule has 4 atom stereocenters. The summed E-state index contributed by atoms with van der Waals surface area (Å²) < 4.78 is 24.9. The number of hydrogen-bond donors (Lipinski definition) is 5. The van der Waals surface area contributed by atoms with Crippen LogP contribution in [0.3, 0.4) is 0 Å². The van der Waals surface area contributed by atoms with E-state index in [0.29, 0.717) is 86.4 Å². The third-order valence-electron chi connectivity index (χ3n) is 24.0. The van der Waals surface area contributed by atoms with Crippen LogP contribution >= 0.6 is 45.9 Å². The minimum Gasteiger partial charge on any atom is -0.490 e. The molecule has 4 aromatic carbocycles. The molecule has 2 saturated carbocycles. The van der Waals surface area contributed by atoms with Gasteiger partial charge in [-0.15, -0.1) is 43.1 Å². The number of fused-ring (bicyclic) bond motifs is 2. The number of amidine groups is 3. The van der Waals surface area contributed by atoms with Gasteiger partial charge in [-0.25, -0.2) is 9.97 Å². The smallest absolute Gasteiger partial charge is 0.272 e. The fourth-order valence-electron chi connectivity index (χ4n) is 17.4. The summed E-state index contributed by atoms with van der Waals surface area (Å²) in [6, 6.07) is 37.7. The van der Waals surface area contributed by atoms with E-state index < -0.39 is 12.1 Å². The van der Waals surface area contributed by atoms with Crippen LogP contribution in [-0.2, 0) is 32.1 Å². The summed E-state index contributed by atoms with van der Waals surface area (Å²) in [5.41, 5.74) is 11.6. The molecule has 121 heavy (non-hydrogen) atoms. The van der Waals surface area contributed by atoms with Crippen molar-refractivity contribution in [3.63, 3.8) is 0 Å². The lowest BCUT2D eigenvalue weighted by atomic mass is 9.90. The van der Waals surface area contributed by atoms with Gasteiger partial charge in [0.2, 0.25) is 0 Å². The number of aliphatic imine (C=N–C) groups is 2. The van der Waals surface area contributed by atoms with Gasteiger partial charge in [-0.1, -0.05) is 78.3 Å². The summed E-state index contributed by atoms with van der Waals surface area (Å²) in [6.07, 6.45) is 17.6. The van der Waals surface area contributed by atoms with E-state index >= 15 is 0 Å². The standard InChI is InChI=1S/C91H94Cl2N20O6S2/c1-51-54(4)120-91-83(51)85(61-15-11-57(12-16-61)39-59-9-7-36-110(49-59)79-33-31-74(106-108-79)88(114)101-65-21-27-67(28-22-65)117-69-25-19-63(46-94)72(92)41-69)104-77(87(97)113(91)55(5)96)45-82-100-48-71(119-82)43-78-52(2)84-86(103-76(44-81-99-35-38-116-81)53(3)112(56(6)105-98)90(84)121-78)62-17-13-58(14-18-62)40-60-10-8-37-111(50-60)80-34-32-75(107-109-80)89(115)102-66-23-29-68(30-24-66)118-70-26-20-64(47-95)73(93)42-70/h11-20,25-26,31-35,38,41-42,48,59-60,65-68,76-77,96-97H,3,7-10,21-24,27-30,36-37,39-40,43-45,49-50,98H2,1-2,4-6H3,(H,101,114)(H,102,115)/b96-55?,97-87?,105-56-/t59-,60+,65-,66-,67-,68-,76+,77+/m1/s1. The molecule has 0 spiro atoms. The van der Waals surface area contributed by atoms with E-state index in [1.807, 2.05) is 24.0 Å². The predicted molar refractivity (Wildman–Crippen MR) is 472 cm³/mol. The van der Waals surface area contributed by atoms with Crippen molar-refractivity contribution in [3.8, 4) is 23.6 Å². The molecule has 6 N–H and O–H groups in total. The first-order valence-corrected chi connectivity index (χ1v) is 43.6. The molecule has 6 aliphatic rings. The lowest BCUT2D eigenvalue weighted by Crippen LogP contribution is -2.40. The number of aryl methyl sites for hydroxylation is 1. The lowest BCUT2D eigenvalue weighted by molar-refractivity contribution is 0.0882. The first-order chi connectivity index (χ1) is 58.7. The van der Waals surface area contributed by atoms with Crippen LogP contribution in [0.5, 0.6) is 11.5 Å². The Morgan fingerprint density at radius 3 is 1.63 bits per heavy atom. The summed E-state index contributed by atoms with van der Waals surface area (Å²) in [5, 5.41) is 68.5. The van der Waals surface area contributed by atoms with E-state index in [4.69, 9.17) is 67.7 Å². The number of hydrogen-bond acceptors (Lipinski definition) is 24. The van der Waals surface area contributed by atoms with Gasteiger partial charge >= 0.3 is 0 Å². The number of halogens is 2. The van der Waals surface area contributed by atoms with Gasteiger partial charge in [0, 0.05) is 94.5 Å². The van der Waals surface area contributed by atoms with E-state index in [1.165, 1.54) is 11.1 Å². The Kier molecular flexibility index (Phi) is 25.0. The van der Waals surface area contributed by atoms with Crippen molar-refractivity contribution in [3.05, 3.63) is 244 Å². The molecular weight excluding hydrogens is 1600 g/mol. The number of aromatic nitrogens is 6. The summed E-state index contributed by atoms with van der Waals surface area (Å²) in [7, 11) is 0. The van der Waals surface area contributed by atoms with Crippen molar-refractivity contribution < 1.29 is 27.9 Å². The van der Waals surface area contributed by atoms with Gasteiger partial charge < -0.3 is 44.6 Å². The zero-order valence-electron chi connectivity index (χ0n) is 68.1. The van der Waals surface area contributed by atoms with Crippen LogP contribution in [-0.4, -0.2) is 134 Å². The highest BCUT2D eigenvalue weighted by atomic mass is 35.5. The van der Waals surface area contributed by atoms with Crippen LogP contribution in [0.1, 0.15) is 195 Å². The SMILES string of the molecule is C=C1[C@H](Cc2ncco2)N=C(c2ccc(C[C@@H]3CCCN(c4ccc(C(=O)N[C@H]5CC[C@H](Oc6ccc(C#N)c(Cl)c6)CC5)nn4)C3)cc2)c2c(sc(Cc3cnc(C[C@@H]4N=C(c5ccc(C[C@H]6CCCN(c7ccc(C(=O)N[C@H]8CC[C@H](Oc9ccc(C#N)c(Cl)c9)CC8)nn7)C6)cc5)c5c(sc(C)c5C)N(C(C)=N)C4=N)o3)c2C)N1/C(C)=N\N. The number of ether oxygens (including phenoxy) is 2. The number of thiophene rings is 2. The summed E-state index contributed by atoms with van der Waals surface area (Å²) in [5.74, 6) is 11.6. The second-order valence-electron chi connectivity index (χ2n) is 32.2. The number of benzene rings is 4. The normalized spacial score (nSPS) is 20.7.